The van der Waals surface area contributed by atoms with Crippen LogP contribution in [0.5, 0.6) is 0 Å². The average molecular weight is 310 g/mol. The molecule has 5 heteroatoms. The van der Waals surface area contributed by atoms with Crippen molar-refractivity contribution in [3.63, 3.8) is 0 Å². The average Bonchev–Trinajstić information content (AvgIpc) is 2.44. The van der Waals surface area contributed by atoms with Crippen LogP contribution in [0, 0.1) is 0 Å². The molecule has 0 atom stereocenters. The standard InChI is InChI=1S/C15H17Cl2N3/c1-18-8-12-7-15(19-9-14(12)17)20(2)10-11-5-3-4-6-13(11)16/h3-7,9,18H,8,10H2,1-2H3. The SMILES string of the molecule is CNCc1cc(N(C)Cc2ccccc2Cl)ncc1Cl. The first kappa shape index (κ1) is 15.1. The van der Waals surface area contributed by atoms with Gasteiger partial charge in [-0.15, -0.1) is 0 Å². The quantitative estimate of drug-likeness (QED) is 0.912. The van der Waals surface area contributed by atoms with Gasteiger partial charge in [-0.1, -0.05) is 41.4 Å². The third-order valence-electron chi connectivity index (χ3n) is 3.04. The predicted octanol–water partition coefficient (Wildman–Crippen LogP) is 3.74. The molecule has 0 bridgehead atoms. The van der Waals surface area contributed by atoms with Gasteiger partial charge in [0.05, 0.1) is 5.02 Å². The second-order valence-corrected chi connectivity index (χ2v) is 5.43. The highest BCUT2D eigenvalue weighted by molar-refractivity contribution is 6.31. The number of pyridine rings is 1. The van der Waals surface area contributed by atoms with Crippen molar-refractivity contribution in [3.8, 4) is 0 Å². The monoisotopic (exact) mass is 309 g/mol. The number of aromatic nitrogens is 1. The first-order valence-electron chi connectivity index (χ1n) is 6.35. The predicted molar refractivity (Wildman–Crippen MR) is 85.6 cm³/mol. The Balaban J connectivity index is 2.19. The van der Waals surface area contributed by atoms with E-state index in [4.69, 9.17) is 23.2 Å². The van der Waals surface area contributed by atoms with Crippen LogP contribution in [0.2, 0.25) is 10.0 Å². The lowest BCUT2D eigenvalue weighted by molar-refractivity contribution is 0.811. The molecular weight excluding hydrogens is 293 g/mol. The molecule has 1 heterocycles. The summed E-state index contributed by atoms with van der Waals surface area (Å²) >= 11 is 12.3. The first-order chi connectivity index (χ1) is 9.61. The summed E-state index contributed by atoms with van der Waals surface area (Å²) in [5.74, 6) is 0.875. The topological polar surface area (TPSA) is 28.2 Å². The van der Waals surface area contributed by atoms with E-state index in [1.54, 1.807) is 6.20 Å². The Hall–Kier alpha value is -1.29. The maximum Gasteiger partial charge on any atom is 0.128 e. The molecule has 0 aliphatic heterocycles. The molecule has 2 rings (SSSR count). The Labute approximate surface area is 129 Å². The lowest BCUT2D eigenvalue weighted by atomic mass is 10.2. The fourth-order valence-electron chi connectivity index (χ4n) is 1.97. The van der Waals surface area contributed by atoms with Crippen molar-refractivity contribution in [2.75, 3.05) is 19.0 Å². The number of hydrogen-bond donors (Lipinski definition) is 1. The summed E-state index contributed by atoms with van der Waals surface area (Å²) in [4.78, 5) is 6.42. The zero-order valence-corrected chi connectivity index (χ0v) is 13.0. The van der Waals surface area contributed by atoms with Crippen LogP contribution in [0.25, 0.3) is 0 Å². The van der Waals surface area contributed by atoms with E-state index in [1.807, 2.05) is 44.4 Å². The molecule has 0 unspecified atom stereocenters. The summed E-state index contributed by atoms with van der Waals surface area (Å²) in [6.45, 7) is 1.42. The fraction of sp³-hybridized carbons (Fsp3) is 0.267. The summed E-state index contributed by atoms with van der Waals surface area (Å²) in [7, 11) is 3.88. The number of benzene rings is 1. The molecule has 106 valence electrons. The Morgan fingerprint density at radius 3 is 2.60 bits per heavy atom. The molecule has 3 nitrogen and oxygen atoms in total. The van der Waals surface area contributed by atoms with Crippen molar-refractivity contribution in [2.24, 2.45) is 0 Å². The molecule has 1 N–H and O–H groups in total. The van der Waals surface area contributed by atoms with Gasteiger partial charge < -0.3 is 10.2 Å². The molecule has 20 heavy (non-hydrogen) atoms. The van der Waals surface area contributed by atoms with Crippen LogP contribution in [-0.2, 0) is 13.1 Å². The Morgan fingerprint density at radius 1 is 1.15 bits per heavy atom. The molecular formula is C15H17Cl2N3. The van der Waals surface area contributed by atoms with Gasteiger partial charge in [0.2, 0.25) is 0 Å². The van der Waals surface area contributed by atoms with Crippen LogP contribution < -0.4 is 10.2 Å². The van der Waals surface area contributed by atoms with Crippen molar-refractivity contribution >= 4 is 29.0 Å². The third-order valence-corrected chi connectivity index (χ3v) is 3.75. The van der Waals surface area contributed by atoms with Crippen LogP contribution >= 0.6 is 23.2 Å². The van der Waals surface area contributed by atoms with E-state index in [2.05, 4.69) is 15.2 Å². The molecule has 0 amide bonds. The molecule has 1 aromatic heterocycles. The molecule has 0 radical (unpaired) electrons. The van der Waals surface area contributed by atoms with E-state index >= 15 is 0 Å². The summed E-state index contributed by atoms with van der Waals surface area (Å²) in [6.07, 6.45) is 1.69. The zero-order chi connectivity index (χ0) is 14.5. The molecule has 0 aliphatic rings. The largest absolute Gasteiger partial charge is 0.355 e. The van der Waals surface area contributed by atoms with Crippen molar-refractivity contribution in [1.82, 2.24) is 10.3 Å². The minimum Gasteiger partial charge on any atom is -0.355 e. The van der Waals surface area contributed by atoms with E-state index in [-0.39, 0.29) is 0 Å². The van der Waals surface area contributed by atoms with Gasteiger partial charge in [0, 0.05) is 31.4 Å². The van der Waals surface area contributed by atoms with Gasteiger partial charge >= 0.3 is 0 Å². The van der Waals surface area contributed by atoms with Crippen LogP contribution in [0.1, 0.15) is 11.1 Å². The second-order valence-electron chi connectivity index (χ2n) is 4.61. The minimum atomic E-state index is 0.675. The van der Waals surface area contributed by atoms with E-state index in [1.165, 1.54) is 0 Å². The van der Waals surface area contributed by atoms with Gasteiger partial charge in [-0.2, -0.15) is 0 Å². The first-order valence-corrected chi connectivity index (χ1v) is 7.11. The molecule has 0 spiro atoms. The smallest absolute Gasteiger partial charge is 0.128 e. The van der Waals surface area contributed by atoms with Crippen LogP contribution in [-0.4, -0.2) is 19.1 Å². The zero-order valence-electron chi connectivity index (χ0n) is 11.5. The summed E-state index contributed by atoms with van der Waals surface area (Å²) < 4.78 is 0. The van der Waals surface area contributed by atoms with E-state index in [0.29, 0.717) is 18.1 Å². The van der Waals surface area contributed by atoms with Crippen molar-refractivity contribution in [2.45, 2.75) is 13.1 Å². The Bertz CT molecular complexity index is 587. The van der Waals surface area contributed by atoms with E-state index in [0.717, 1.165) is 22.0 Å². The number of rotatable bonds is 5. The third kappa shape index (κ3) is 3.63. The maximum absolute atomic E-state index is 6.18. The second kappa shape index (κ2) is 6.93. The van der Waals surface area contributed by atoms with Gasteiger partial charge in [-0.05, 0) is 30.3 Å². The number of nitrogens with one attached hydrogen (secondary N) is 1. The Kier molecular flexibility index (Phi) is 5.24. The molecule has 0 fully saturated rings. The van der Waals surface area contributed by atoms with Crippen molar-refractivity contribution < 1.29 is 0 Å². The summed E-state index contributed by atoms with van der Waals surface area (Å²) in [5.41, 5.74) is 2.11. The highest BCUT2D eigenvalue weighted by Crippen LogP contribution is 2.23. The van der Waals surface area contributed by atoms with Crippen LogP contribution in [0.15, 0.2) is 36.5 Å². The lowest BCUT2D eigenvalue weighted by Gasteiger charge is -2.20. The van der Waals surface area contributed by atoms with E-state index < -0.39 is 0 Å². The molecule has 0 saturated heterocycles. The molecule has 0 saturated carbocycles. The highest BCUT2D eigenvalue weighted by Gasteiger charge is 2.09. The van der Waals surface area contributed by atoms with Gasteiger partial charge in [0.1, 0.15) is 5.82 Å². The Morgan fingerprint density at radius 2 is 1.90 bits per heavy atom. The van der Waals surface area contributed by atoms with Crippen molar-refractivity contribution in [1.29, 1.82) is 0 Å². The van der Waals surface area contributed by atoms with E-state index in [9.17, 15) is 0 Å². The van der Waals surface area contributed by atoms with Gasteiger partial charge in [0.25, 0.3) is 0 Å². The normalized spacial score (nSPS) is 10.6. The number of anilines is 1. The highest BCUT2D eigenvalue weighted by atomic mass is 35.5. The molecule has 2 aromatic rings. The minimum absolute atomic E-state index is 0.675. The summed E-state index contributed by atoms with van der Waals surface area (Å²) in [6, 6.07) is 9.82. The van der Waals surface area contributed by atoms with Crippen molar-refractivity contribution in [3.05, 3.63) is 57.7 Å². The van der Waals surface area contributed by atoms with Gasteiger partial charge in [0.15, 0.2) is 0 Å². The number of halogens is 2. The lowest BCUT2D eigenvalue weighted by Crippen LogP contribution is -2.18. The van der Waals surface area contributed by atoms with Gasteiger partial charge in [-0.3, -0.25) is 0 Å². The number of hydrogen-bond acceptors (Lipinski definition) is 3. The number of nitrogens with zero attached hydrogens (tertiary/aromatic N) is 2. The summed E-state index contributed by atoms with van der Waals surface area (Å²) in [5, 5.41) is 4.54. The van der Waals surface area contributed by atoms with Gasteiger partial charge in [-0.25, -0.2) is 4.98 Å². The fourth-order valence-corrected chi connectivity index (χ4v) is 2.33. The molecule has 1 aromatic carbocycles. The van der Waals surface area contributed by atoms with Crippen LogP contribution in [0.4, 0.5) is 5.82 Å². The molecule has 0 aliphatic carbocycles. The van der Waals surface area contributed by atoms with Crippen LogP contribution in [0.3, 0.4) is 0 Å². The maximum atomic E-state index is 6.18.